The summed E-state index contributed by atoms with van der Waals surface area (Å²) in [7, 11) is 0. The SMILES string of the molecule is CC#Cc1cc(Cl)c(C2COCC3CCC(C3)C2=O)c(OCC)c1. The molecule has 24 heavy (non-hydrogen) atoms. The van der Waals surface area contributed by atoms with Crippen LogP contribution in [-0.2, 0) is 9.53 Å². The van der Waals surface area contributed by atoms with Gasteiger partial charge < -0.3 is 9.47 Å². The average molecular weight is 347 g/mol. The van der Waals surface area contributed by atoms with E-state index in [2.05, 4.69) is 11.8 Å². The van der Waals surface area contributed by atoms with E-state index in [0.29, 0.717) is 29.9 Å². The molecule has 2 aliphatic rings. The van der Waals surface area contributed by atoms with Crippen LogP contribution in [0.3, 0.4) is 0 Å². The highest BCUT2D eigenvalue weighted by Crippen LogP contribution is 2.42. The average Bonchev–Trinajstić information content (AvgIpc) is 3.02. The smallest absolute Gasteiger partial charge is 0.145 e. The van der Waals surface area contributed by atoms with Crippen molar-refractivity contribution in [2.45, 2.75) is 39.0 Å². The van der Waals surface area contributed by atoms with Crippen LogP contribution in [0.2, 0.25) is 5.02 Å². The molecule has 2 fully saturated rings. The minimum atomic E-state index is -0.355. The summed E-state index contributed by atoms with van der Waals surface area (Å²) < 4.78 is 11.6. The molecule has 1 aromatic carbocycles. The maximum absolute atomic E-state index is 13.1. The van der Waals surface area contributed by atoms with Crippen molar-refractivity contribution in [2.24, 2.45) is 11.8 Å². The second-order valence-electron chi connectivity index (χ2n) is 6.55. The topological polar surface area (TPSA) is 35.5 Å². The molecule has 0 aromatic heterocycles. The number of hydrogen-bond acceptors (Lipinski definition) is 3. The Hall–Kier alpha value is -1.50. The molecule has 0 amide bonds. The van der Waals surface area contributed by atoms with E-state index in [1.54, 1.807) is 6.92 Å². The van der Waals surface area contributed by atoms with E-state index in [4.69, 9.17) is 21.1 Å². The lowest BCUT2D eigenvalue weighted by Crippen LogP contribution is -2.28. The van der Waals surface area contributed by atoms with Crippen molar-refractivity contribution >= 4 is 17.4 Å². The molecule has 4 heteroatoms. The zero-order chi connectivity index (χ0) is 17.1. The van der Waals surface area contributed by atoms with Gasteiger partial charge in [0.15, 0.2) is 0 Å². The van der Waals surface area contributed by atoms with Gasteiger partial charge in [0.05, 0.1) is 19.1 Å². The molecule has 3 unspecified atom stereocenters. The van der Waals surface area contributed by atoms with Gasteiger partial charge in [0.25, 0.3) is 0 Å². The zero-order valence-electron chi connectivity index (χ0n) is 14.2. The van der Waals surface area contributed by atoms with Gasteiger partial charge in [-0.2, -0.15) is 0 Å². The van der Waals surface area contributed by atoms with Gasteiger partial charge >= 0.3 is 0 Å². The number of ketones is 1. The maximum atomic E-state index is 13.1. The highest BCUT2D eigenvalue weighted by molar-refractivity contribution is 6.32. The Morgan fingerprint density at radius 3 is 2.92 bits per heavy atom. The molecular weight excluding hydrogens is 324 g/mol. The summed E-state index contributed by atoms with van der Waals surface area (Å²) in [6.07, 6.45) is 2.99. The molecule has 1 heterocycles. The van der Waals surface area contributed by atoms with E-state index in [1.807, 2.05) is 19.1 Å². The van der Waals surface area contributed by atoms with Gasteiger partial charge in [0, 0.05) is 28.7 Å². The number of ether oxygens (including phenoxy) is 2. The van der Waals surface area contributed by atoms with Crippen molar-refractivity contribution < 1.29 is 14.3 Å². The quantitative estimate of drug-likeness (QED) is 0.769. The molecule has 1 aromatic rings. The minimum Gasteiger partial charge on any atom is -0.493 e. The summed E-state index contributed by atoms with van der Waals surface area (Å²) in [6, 6.07) is 3.70. The highest BCUT2D eigenvalue weighted by Gasteiger charge is 2.38. The summed E-state index contributed by atoms with van der Waals surface area (Å²) >= 11 is 6.54. The van der Waals surface area contributed by atoms with E-state index in [0.717, 1.165) is 37.0 Å². The van der Waals surface area contributed by atoms with Gasteiger partial charge in [-0.3, -0.25) is 4.79 Å². The molecule has 3 atom stereocenters. The predicted octanol–water partition coefficient (Wildman–Crippen LogP) is 4.21. The predicted molar refractivity (Wildman–Crippen MR) is 94.6 cm³/mol. The molecule has 2 bridgehead atoms. The highest BCUT2D eigenvalue weighted by atomic mass is 35.5. The van der Waals surface area contributed by atoms with Crippen LogP contribution in [0.15, 0.2) is 12.1 Å². The lowest BCUT2D eigenvalue weighted by molar-refractivity contribution is -0.126. The molecule has 1 saturated heterocycles. The van der Waals surface area contributed by atoms with Gasteiger partial charge in [-0.15, -0.1) is 5.92 Å². The second kappa shape index (κ2) is 7.59. The van der Waals surface area contributed by atoms with Gasteiger partial charge in [0.1, 0.15) is 11.5 Å². The number of rotatable bonds is 3. The third kappa shape index (κ3) is 3.45. The lowest BCUT2D eigenvalue weighted by atomic mass is 9.85. The number of Topliss-reactive ketones (excluding diaryl/α,β-unsaturated/α-hetero) is 1. The van der Waals surface area contributed by atoms with Crippen LogP contribution in [0, 0.1) is 23.7 Å². The normalized spacial score (nSPS) is 26.3. The summed E-state index contributed by atoms with van der Waals surface area (Å²) in [6.45, 7) is 5.34. The Morgan fingerprint density at radius 2 is 2.17 bits per heavy atom. The van der Waals surface area contributed by atoms with Crippen LogP contribution < -0.4 is 4.74 Å². The Morgan fingerprint density at radius 1 is 1.33 bits per heavy atom. The van der Waals surface area contributed by atoms with E-state index in [-0.39, 0.29) is 17.6 Å². The number of hydrogen-bond donors (Lipinski definition) is 0. The third-order valence-electron chi connectivity index (χ3n) is 4.93. The van der Waals surface area contributed by atoms with Gasteiger partial charge in [-0.25, -0.2) is 0 Å². The zero-order valence-corrected chi connectivity index (χ0v) is 15.0. The number of fused-ring (bicyclic) bond motifs is 2. The molecule has 1 aliphatic carbocycles. The van der Waals surface area contributed by atoms with Crippen molar-refractivity contribution in [3.8, 4) is 17.6 Å². The van der Waals surface area contributed by atoms with E-state index in [1.165, 1.54) is 0 Å². The van der Waals surface area contributed by atoms with Crippen LogP contribution >= 0.6 is 11.6 Å². The number of halogens is 1. The van der Waals surface area contributed by atoms with Crippen molar-refractivity contribution in [3.63, 3.8) is 0 Å². The molecule has 3 nitrogen and oxygen atoms in total. The molecule has 0 spiro atoms. The summed E-state index contributed by atoms with van der Waals surface area (Å²) in [5, 5.41) is 0.538. The lowest BCUT2D eigenvalue weighted by Gasteiger charge is -2.26. The first kappa shape index (κ1) is 17.3. The Bertz CT molecular complexity index is 686. The first-order chi connectivity index (χ1) is 11.6. The fraction of sp³-hybridized carbons (Fsp3) is 0.550. The summed E-state index contributed by atoms with van der Waals surface area (Å²) in [5.74, 6) is 7.08. The first-order valence-corrected chi connectivity index (χ1v) is 9.02. The standard InChI is InChI=1S/C20H23ClO3/c1-3-5-13-9-17(21)19(18(10-13)24-4-2)16-12-23-11-14-6-7-15(8-14)20(16)22/h9-10,14-16H,4,6-8,11-12H2,1-2H3. The van der Waals surface area contributed by atoms with Crippen molar-refractivity contribution in [2.75, 3.05) is 19.8 Å². The van der Waals surface area contributed by atoms with Crippen LogP contribution in [0.4, 0.5) is 0 Å². The third-order valence-corrected chi connectivity index (χ3v) is 5.25. The van der Waals surface area contributed by atoms with Gasteiger partial charge in [-0.05, 0) is 51.2 Å². The second-order valence-corrected chi connectivity index (χ2v) is 6.95. The number of benzene rings is 1. The largest absolute Gasteiger partial charge is 0.493 e. The summed E-state index contributed by atoms with van der Waals surface area (Å²) in [4.78, 5) is 13.1. The molecule has 0 radical (unpaired) electrons. The van der Waals surface area contributed by atoms with Crippen molar-refractivity contribution in [1.82, 2.24) is 0 Å². The van der Waals surface area contributed by atoms with E-state index < -0.39 is 0 Å². The first-order valence-electron chi connectivity index (χ1n) is 8.64. The number of carbonyl (C=O) groups is 1. The van der Waals surface area contributed by atoms with E-state index >= 15 is 0 Å². The monoisotopic (exact) mass is 346 g/mol. The fourth-order valence-electron chi connectivity index (χ4n) is 3.85. The maximum Gasteiger partial charge on any atom is 0.145 e. The summed E-state index contributed by atoms with van der Waals surface area (Å²) in [5.41, 5.74) is 1.56. The van der Waals surface area contributed by atoms with Gasteiger partial charge in [-0.1, -0.05) is 17.5 Å². The van der Waals surface area contributed by atoms with Crippen LogP contribution in [0.25, 0.3) is 0 Å². The minimum absolute atomic E-state index is 0.129. The van der Waals surface area contributed by atoms with Gasteiger partial charge in [0.2, 0.25) is 0 Å². The molecule has 0 N–H and O–H groups in total. The van der Waals surface area contributed by atoms with Crippen LogP contribution in [0.5, 0.6) is 5.75 Å². The van der Waals surface area contributed by atoms with Crippen molar-refractivity contribution in [3.05, 3.63) is 28.3 Å². The molecule has 3 rings (SSSR count). The Labute approximate surface area is 148 Å². The molecular formula is C20H23ClO3. The Kier molecular flexibility index (Phi) is 5.48. The number of carbonyl (C=O) groups excluding carboxylic acids is 1. The van der Waals surface area contributed by atoms with Crippen LogP contribution in [0.1, 0.15) is 50.2 Å². The Balaban J connectivity index is 2.01. The molecule has 1 saturated carbocycles. The molecule has 1 aliphatic heterocycles. The van der Waals surface area contributed by atoms with Crippen LogP contribution in [-0.4, -0.2) is 25.6 Å². The molecule has 128 valence electrons. The van der Waals surface area contributed by atoms with Crippen molar-refractivity contribution in [1.29, 1.82) is 0 Å². The fourth-order valence-corrected chi connectivity index (χ4v) is 4.19. The van der Waals surface area contributed by atoms with E-state index in [9.17, 15) is 4.79 Å².